The number of rotatable bonds is 3. The molecule has 0 radical (unpaired) electrons. The molecular weight excluding hydrogens is 588 g/mol. The Hall–Kier alpha value is 2.10. The zero-order valence-electron chi connectivity index (χ0n) is 7.39. The van der Waals surface area contributed by atoms with Gasteiger partial charge in [-0.1, -0.05) is 95.6 Å². The van der Waals surface area contributed by atoms with E-state index in [2.05, 4.69) is 95.6 Å². The minimum absolute atomic E-state index is 0.821. The van der Waals surface area contributed by atoms with Gasteiger partial charge in [-0.25, -0.2) is 0 Å². The number of alkyl halides is 3. The second-order valence-corrected chi connectivity index (χ2v) is 6.84. The monoisotopic (exact) mass is 588 g/mol. The second kappa shape index (κ2) is 6.88. The van der Waals surface area contributed by atoms with Crippen molar-refractivity contribution >= 4 is 95.6 Å². The molecule has 0 saturated heterocycles. The molecule has 0 saturated carbocycles. The van der Waals surface area contributed by atoms with Crippen LogP contribution in [0, 0.1) is 0 Å². The van der Waals surface area contributed by atoms with Crippen LogP contribution in [-0.2, 0) is 16.0 Å². The van der Waals surface area contributed by atoms with E-state index in [-0.39, 0.29) is 0 Å². The summed E-state index contributed by atoms with van der Waals surface area (Å²) in [5.41, 5.74) is 3.71. The highest BCUT2D eigenvalue weighted by molar-refractivity contribution is 9.12. The normalized spacial score (nSPS) is 10.8. The van der Waals surface area contributed by atoms with E-state index in [1.165, 1.54) is 16.7 Å². The van der Waals surface area contributed by atoms with Gasteiger partial charge in [0.25, 0.3) is 0 Å². The van der Waals surface area contributed by atoms with Gasteiger partial charge in [-0.3, -0.25) is 0 Å². The van der Waals surface area contributed by atoms with Crippen molar-refractivity contribution < 1.29 is 0 Å². The predicted molar refractivity (Wildman–Crippen MR) is 87.4 cm³/mol. The van der Waals surface area contributed by atoms with Crippen LogP contribution in [0.25, 0.3) is 0 Å². The number of halogens is 6. The van der Waals surface area contributed by atoms with E-state index in [9.17, 15) is 0 Å². The Morgan fingerprint density at radius 3 is 0.867 bits per heavy atom. The van der Waals surface area contributed by atoms with Gasteiger partial charge in [0.05, 0.1) is 0 Å². The van der Waals surface area contributed by atoms with Crippen LogP contribution in [0.3, 0.4) is 0 Å². The maximum Gasteiger partial charge on any atom is 0.0305 e. The highest BCUT2D eigenvalue weighted by Crippen LogP contribution is 2.41. The van der Waals surface area contributed by atoms with Gasteiger partial charge in [-0.15, -0.1) is 0 Å². The molecule has 0 aliphatic heterocycles. The predicted octanol–water partition coefficient (Wildman–Crippen LogP) is 6.66. The Morgan fingerprint density at radius 1 is 0.533 bits per heavy atom. The van der Waals surface area contributed by atoms with Crippen molar-refractivity contribution in [1.29, 1.82) is 0 Å². The lowest BCUT2D eigenvalue weighted by Crippen LogP contribution is -1.97. The fourth-order valence-electron chi connectivity index (χ4n) is 1.19. The fraction of sp³-hybridized carbons (Fsp3) is 0.333. The first-order chi connectivity index (χ1) is 7.08. The Balaban J connectivity index is 3.57. The summed E-state index contributed by atoms with van der Waals surface area (Å²) in [6.07, 6.45) is 0. The first-order valence-electron chi connectivity index (χ1n) is 3.93. The van der Waals surface area contributed by atoms with Crippen molar-refractivity contribution in [3.05, 3.63) is 30.1 Å². The maximum absolute atomic E-state index is 3.63. The van der Waals surface area contributed by atoms with Crippen LogP contribution in [-0.4, -0.2) is 0 Å². The molecule has 1 rings (SSSR count). The fourth-order valence-corrected chi connectivity index (χ4v) is 7.96. The lowest BCUT2D eigenvalue weighted by molar-refractivity contribution is 1.20. The largest absolute Gasteiger partial charge is 0.0875 e. The van der Waals surface area contributed by atoms with E-state index in [0.717, 1.165) is 29.4 Å². The summed E-state index contributed by atoms with van der Waals surface area (Å²) < 4.78 is 3.42. The third-order valence-corrected chi connectivity index (χ3v) is 6.54. The van der Waals surface area contributed by atoms with Crippen molar-refractivity contribution in [2.45, 2.75) is 16.0 Å². The van der Waals surface area contributed by atoms with E-state index < -0.39 is 0 Å². The summed E-state index contributed by atoms with van der Waals surface area (Å²) >= 11 is 21.4. The standard InChI is InChI=1S/C9H6Br6/c10-1-4-7(13)5(2-11)9(15)6(3-12)8(4)14/h1-3H2. The topological polar surface area (TPSA) is 0 Å². The van der Waals surface area contributed by atoms with Crippen LogP contribution in [0.1, 0.15) is 16.7 Å². The summed E-state index contributed by atoms with van der Waals surface area (Å²) in [6, 6.07) is 0. The molecule has 0 N–H and O–H groups in total. The molecule has 0 nitrogen and oxygen atoms in total. The van der Waals surface area contributed by atoms with Crippen LogP contribution in [0.2, 0.25) is 0 Å². The molecule has 0 unspecified atom stereocenters. The SMILES string of the molecule is BrCc1c(Br)c(CBr)c(Br)c(CBr)c1Br. The molecular formula is C9H6Br6. The molecule has 1 aromatic rings. The average Bonchev–Trinajstić information content (AvgIpc) is 2.19. The van der Waals surface area contributed by atoms with E-state index in [1.807, 2.05) is 0 Å². The van der Waals surface area contributed by atoms with Gasteiger partial charge in [0.1, 0.15) is 0 Å². The van der Waals surface area contributed by atoms with E-state index in [1.54, 1.807) is 0 Å². The molecule has 15 heavy (non-hydrogen) atoms. The van der Waals surface area contributed by atoms with Crippen molar-refractivity contribution in [3.8, 4) is 0 Å². The summed E-state index contributed by atoms with van der Waals surface area (Å²) in [7, 11) is 0. The lowest BCUT2D eigenvalue weighted by Gasteiger charge is -2.15. The molecule has 0 amide bonds. The minimum atomic E-state index is 0.821. The van der Waals surface area contributed by atoms with Crippen molar-refractivity contribution in [2.75, 3.05) is 0 Å². The first-order valence-corrected chi connectivity index (χ1v) is 9.67. The third-order valence-electron chi connectivity index (χ3n) is 1.99. The maximum atomic E-state index is 3.63. The molecule has 0 atom stereocenters. The van der Waals surface area contributed by atoms with Crippen LogP contribution >= 0.6 is 95.6 Å². The van der Waals surface area contributed by atoms with Gasteiger partial charge in [-0.2, -0.15) is 0 Å². The third kappa shape index (κ3) is 3.11. The lowest BCUT2D eigenvalue weighted by atomic mass is 10.1. The van der Waals surface area contributed by atoms with Crippen LogP contribution in [0.4, 0.5) is 0 Å². The van der Waals surface area contributed by atoms with E-state index in [4.69, 9.17) is 0 Å². The molecule has 84 valence electrons. The van der Waals surface area contributed by atoms with Crippen LogP contribution in [0.15, 0.2) is 13.4 Å². The molecule has 0 fully saturated rings. The highest BCUT2D eigenvalue weighted by Gasteiger charge is 2.17. The molecule has 0 bridgehead atoms. The minimum Gasteiger partial charge on any atom is -0.0875 e. The Labute approximate surface area is 140 Å². The summed E-state index contributed by atoms with van der Waals surface area (Å²) in [6.45, 7) is 0. The molecule has 0 aromatic heterocycles. The van der Waals surface area contributed by atoms with E-state index >= 15 is 0 Å². The molecule has 0 heterocycles. The Kier molecular flexibility index (Phi) is 6.95. The summed E-state index contributed by atoms with van der Waals surface area (Å²) in [5, 5.41) is 2.46. The summed E-state index contributed by atoms with van der Waals surface area (Å²) in [4.78, 5) is 0. The van der Waals surface area contributed by atoms with Crippen molar-refractivity contribution in [2.24, 2.45) is 0 Å². The van der Waals surface area contributed by atoms with Crippen molar-refractivity contribution in [1.82, 2.24) is 0 Å². The Bertz CT molecular complexity index is 295. The highest BCUT2D eigenvalue weighted by atomic mass is 79.9. The smallest absolute Gasteiger partial charge is 0.0305 e. The zero-order valence-corrected chi connectivity index (χ0v) is 16.9. The molecule has 6 heteroatoms. The van der Waals surface area contributed by atoms with E-state index in [0.29, 0.717) is 0 Å². The first kappa shape index (κ1) is 15.2. The van der Waals surface area contributed by atoms with Gasteiger partial charge in [0, 0.05) is 29.4 Å². The van der Waals surface area contributed by atoms with Crippen LogP contribution in [0.5, 0.6) is 0 Å². The van der Waals surface area contributed by atoms with Crippen LogP contribution < -0.4 is 0 Å². The Morgan fingerprint density at radius 2 is 0.733 bits per heavy atom. The van der Waals surface area contributed by atoms with Gasteiger partial charge in [-0.05, 0) is 16.7 Å². The number of hydrogen-bond donors (Lipinski definition) is 0. The summed E-state index contributed by atoms with van der Waals surface area (Å²) in [5.74, 6) is 0. The molecule has 0 aliphatic rings. The molecule has 0 aliphatic carbocycles. The molecule has 1 aromatic carbocycles. The van der Waals surface area contributed by atoms with Gasteiger partial charge >= 0.3 is 0 Å². The van der Waals surface area contributed by atoms with Gasteiger partial charge < -0.3 is 0 Å². The second-order valence-electron chi connectivity index (χ2n) is 2.78. The van der Waals surface area contributed by atoms with Gasteiger partial charge in [0.15, 0.2) is 0 Å². The molecule has 0 spiro atoms. The average molecular weight is 594 g/mol. The van der Waals surface area contributed by atoms with Crippen molar-refractivity contribution in [3.63, 3.8) is 0 Å². The number of hydrogen-bond acceptors (Lipinski definition) is 0. The number of benzene rings is 1. The quantitative estimate of drug-likeness (QED) is 0.344. The van der Waals surface area contributed by atoms with Gasteiger partial charge in [0.2, 0.25) is 0 Å². The zero-order chi connectivity index (χ0) is 11.6.